The number of methoxy groups -OCH3 is 1. The number of rotatable bonds is 5. The fraction of sp³-hybridized carbons (Fsp3) is 0.731. The Morgan fingerprint density at radius 2 is 1.91 bits per heavy atom. The van der Waals surface area contributed by atoms with Crippen LogP contribution in [0.5, 0.6) is 0 Å². The van der Waals surface area contributed by atoms with E-state index in [2.05, 4.69) is 0 Å². The number of cyclic esters (lactones) is 1. The van der Waals surface area contributed by atoms with Crippen molar-refractivity contribution < 1.29 is 33.3 Å². The lowest BCUT2D eigenvalue weighted by atomic mass is 9.54. The van der Waals surface area contributed by atoms with Gasteiger partial charge in [-0.15, -0.1) is 0 Å². The van der Waals surface area contributed by atoms with Crippen LogP contribution in [-0.4, -0.2) is 49.2 Å². The first-order valence-corrected chi connectivity index (χ1v) is 12.1. The molecule has 0 N–H and O–H groups in total. The second-order valence-electron chi connectivity index (χ2n) is 11.2. The molecule has 2 fully saturated rings. The van der Waals surface area contributed by atoms with Crippen LogP contribution < -0.4 is 0 Å². The van der Waals surface area contributed by atoms with Gasteiger partial charge in [0.1, 0.15) is 18.3 Å². The average Bonchev–Trinajstić information content (AvgIpc) is 3.36. The summed E-state index contributed by atoms with van der Waals surface area (Å²) in [5.74, 6) is -0.789. The zero-order valence-electron chi connectivity index (χ0n) is 20.4. The molecule has 0 radical (unpaired) electrons. The maximum Gasteiger partial charge on any atom is 0.317 e. The van der Waals surface area contributed by atoms with Crippen molar-refractivity contribution in [2.24, 2.45) is 22.7 Å². The molecule has 1 saturated heterocycles. The Morgan fingerprint density at radius 3 is 2.58 bits per heavy atom. The van der Waals surface area contributed by atoms with Gasteiger partial charge in [0.05, 0.1) is 11.0 Å². The first-order chi connectivity index (χ1) is 15.5. The predicted octanol–water partition coefficient (Wildman–Crippen LogP) is 3.65. The number of allylic oxidation sites excluding steroid dienone is 1. The molecule has 2 aliphatic heterocycles. The smallest absolute Gasteiger partial charge is 0.317 e. The van der Waals surface area contributed by atoms with E-state index in [1.54, 1.807) is 7.11 Å². The van der Waals surface area contributed by atoms with Crippen molar-refractivity contribution in [3.8, 4) is 0 Å². The third-order valence-electron chi connectivity index (χ3n) is 9.12. The van der Waals surface area contributed by atoms with Crippen molar-refractivity contribution in [2.75, 3.05) is 13.7 Å². The molecule has 6 unspecified atom stereocenters. The topological polar surface area (TPSA) is 88.1 Å². The summed E-state index contributed by atoms with van der Waals surface area (Å²) in [6.07, 6.45) is 1.61. The number of carbonyl (C=O) groups is 3. The van der Waals surface area contributed by atoms with Gasteiger partial charge < -0.3 is 18.9 Å². The van der Waals surface area contributed by atoms with Crippen molar-refractivity contribution in [3.05, 3.63) is 22.5 Å². The minimum atomic E-state index is -0.815. The molecule has 7 heteroatoms. The Labute approximate surface area is 194 Å². The summed E-state index contributed by atoms with van der Waals surface area (Å²) in [7, 11) is 1.55. The van der Waals surface area contributed by atoms with E-state index in [0.29, 0.717) is 36.8 Å². The number of hydrogen-bond acceptors (Lipinski definition) is 7. The van der Waals surface area contributed by atoms with Gasteiger partial charge in [0.25, 0.3) is 0 Å². The second-order valence-corrected chi connectivity index (χ2v) is 11.2. The van der Waals surface area contributed by atoms with Crippen molar-refractivity contribution in [3.63, 3.8) is 0 Å². The van der Waals surface area contributed by atoms with Crippen LogP contribution >= 0.6 is 0 Å². The highest BCUT2D eigenvalue weighted by Gasteiger charge is 2.65. The lowest BCUT2D eigenvalue weighted by Gasteiger charge is -2.52. The molecule has 180 valence electrons. The Hall–Kier alpha value is -1.99. The Morgan fingerprint density at radius 1 is 1.18 bits per heavy atom. The van der Waals surface area contributed by atoms with Crippen LogP contribution in [0.4, 0.5) is 0 Å². The second kappa shape index (κ2) is 7.25. The monoisotopic (exact) mass is 458 g/mol. The molecule has 6 atom stereocenters. The Kier molecular flexibility index (Phi) is 5.01. The number of Topliss-reactive ketones (excluding diaryl/α,β-unsaturated/α-hetero) is 2. The highest BCUT2D eigenvalue weighted by atomic mass is 16.7. The molecule has 5 aliphatic rings. The average molecular weight is 459 g/mol. The van der Waals surface area contributed by atoms with E-state index in [1.807, 2.05) is 34.6 Å². The zero-order chi connectivity index (χ0) is 23.9. The molecule has 7 nitrogen and oxygen atoms in total. The van der Waals surface area contributed by atoms with Crippen molar-refractivity contribution in [1.29, 1.82) is 0 Å². The van der Waals surface area contributed by atoms with Crippen molar-refractivity contribution in [1.82, 2.24) is 0 Å². The fourth-order valence-electron chi connectivity index (χ4n) is 6.77. The van der Waals surface area contributed by atoms with Gasteiger partial charge >= 0.3 is 5.97 Å². The quantitative estimate of drug-likeness (QED) is 0.459. The number of ketones is 2. The van der Waals surface area contributed by atoms with E-state index in [9.17, 15) is 14.4 Å². The molecule has 0 amide bonds. The fourth-order valence-corrected chi connectivity index (χ4v) is 6.77. The van der Waals surface area contributed by atoms with Gasteiger partial charge in [-0.05, 0) is 52.0 Å². The molecule has 2 heterocycles. The van der Waals surface area contributed by atoms with E-state index < -0.39 is 40.7 Å². The molecule has 5 rings (SSSR count). The van der Waals surface area contributed by atoms with E-state index in [1.165, 1.54) is 0 Å². The van der Waals surface area contributed by atoms with Gasteiger partial charge in [0, 0.05) is 36.0 Å². The summed E-state index contributed by atoms with van der Waals surface area (Å²) in [4.78, 5) is 39.6. The van der Waals surface area contributed by atoms with Crippen LogP contribution in [0.1, 0.15) is 66.7 Å². The van der Waals surface area contributed by atoms with Crippen LogP contribution in [0.3, 0.4) is 0 Å². The van der Waals surface area contributed by atoms with Crippen LogP contribution in [0.2, 0.25) is 0 Å². The van der Waals surface area contributed by atoms with E-state index >= 15 is 0 Å². The Balaban J connectivity index is 1.68. The highest BCUT2D eigenvalue weighted by molar-refractivity contribution is 6.12. The van der Waals surface area contributed by atoms with Gasteiger partial charge in [-0.25, -0.2) is 0 Å². The summed E-state index contributed by atoms with van der Waals surface area (Å²) < 4.78 is 24.1. The Bertz CT molecular complexity index is 1000. The third-order valence-corrected chi connectivity index (χ3v) is 9.12. The molecular weight excluding hydrogens is 424 g/mol. The largest absolute Gasteiger partial charge is 0.488 e. The first kappa shape index (κ1) is 22.8. The SMILES string of the molecule is CCC(C)(C)OC(OC)C1OC(=O)C2COC3=C2C1(C)C1=C(C3=O)C2CCC(=O)C2(C)CC1. The summed E-state index contributed by atoms with van der Waals surface area (Å²) in [6, 6.07) is 0. The standard InChI is InChI=1S/C26H34O7/c1-7-24(2,3)33-23(30-6)21-26(5)15-10-11-25(4)14(8-9-16(25)27)17(15)19(28)20-18(26)13(12-31-20)22(29)32-21/h13-14,21,23H,7-12H2,1-6H3. The lowest BCUT2D eigenvalue weighted by Crippen LogP contribution is -2.58. The van der Waals surface area contributed by atoms with Gasteiger partial charge in [-0.2, -0.15) is 0 Å². The molecule has 0 aromatic rings. The molecule has 0 aromatic carbocycles. The maximum absolute atomic E-state index is 13.8. The number of ether oxygens (including phenoxy) is 4. The van der Waals surface area contributed by atoms with E-state index in [4.69, 9.17) is 18.9 Å². The molecule has 0 bridgehead atoms. The molecular formula is C26H34O7. The zero-order valence-corrected chi connectivity index (χ0v) is 20.4. The van der Waals surface area contributed by atoms with Crippen molar-refractivity contribution >= 4 is 17.5 Å². The van der Waals surface area contributed by atoms with Gasteiger partial charge in [0.2, 0.25) is 5.78 Å². The minimum absolute atomic E-state index is 0.109. The van der Waals surface area contributed by atoms with Gasteiger partial charge in [-0.3, -0.25) is 14.4 Å². The van der Waals surface area contributed by atoms with Crippen LogP contribution in [0.15, 0.2) is 22.5 Å². The number of esters is 1. The number of carbonyl (C=O) groups excluding carboxylic acids is 3. The number of fused-ring (bicyclic) bond motifs is 3. The van der Waals surface area contributed by atoms with Gasteiger partial charge in [-0.1, -0.05) is 13.8 Å². The lowest BCUT2D eigenvalue weighted by molar-refractivity contribution is -0.257. The molecule has 1 saturated carbocycles. The van der Waals surface area contributed by atoms with Crippen LogP contribution in [-0.2, 0) is 33.3 Å². The first-order valence-electron chi connectivity index (χ1n) is 12.1. The normalized spacial score (nSPS) is 38.6. The van der Waals surface area contributed by atoms with Gasteiger partial charge in [0.15, 0.2) is 18.2 Å². The van der Waals surface area contributed by atoms with Crippen LogP contribution in [0.25, 0.3) is 0 Å². The summed E-state index contributed by atoms with van der Waals surface area (Å²) in [5.41, 5.74) is 0.573. The van der Waals surface area contributed by atoms with Crippen LogP contribution in [0, 0.1) is 22.7 Å². The summed E-state index contributed by atoms with van der Waals surface area (Å²) in [5, 5.41) is 0. The molecule has 0 spiro atoms. The molecule has 0 aromatic heterocycles. The summed E-state index contributed by atoms with van der Waals surface area (Å²) >= 11 is 0. The predicted molar refractivity (Wildman–Crippen MR) is 118 cm³/mol. The maximum atomic E-state index is 13.8. The minimum Gasteiger partial charge on any atom is -0.488 e. The van der Waals surface area contributed by atoms with E-state index in [-0.39, 0.29) is 29.9 Å². The molecule has 3 aliphatic carbocycles. The highest BCUT2D eigenvalue weighted by Crippen LogP contribution is 2.63. The van der Waals surface area contributed by atoms with E-state index in [0.717, 1.165) is 12.0 Å². The number of hydrogen-bond donors (Lipinski definition) is 0. The molecule has 33 heavy (non-hydrogen) atoms. The van der Waals surface area contributed by atoms with Crippen molar-refractivity contribution in [2.45, 2.75) is 84.7 Å². The summed E-state index contributed by atoms with van der Waals surface area (Å²) in [6.45, 7) is 10.1. The third kappa shape index (κ3) is 2.91.